The molecule has 1 heterocycles. The van der Waals surface area contributed by atoms with Crippen molar-refractivity contribution in [2.75, 3.05) is 0 Å². The van der Waals surface area contributed by atoms with E-state index < -0.39 is 5.91 Å². The van der Waals surface area contributed by atoms with Crippen molar-refractivity contribution >= 4 is 16.7 Å². The highest BCUT2D eigenvalue weighted by atomic mass is 16.5. The first-order chi connectivity index (χ1) is 10.2. The first-order valence-electron chi connectivity index (χ1n) is 6.58. The summed E-state index contributed by atoms with van der Waals surface area (Å²) in [6.07, 6.45) is 1.60. The van der Waals surface area contributed by atoms with Gasteiger partial charge in [0.15, 0.2) is 0 Å². The van der Waals surface area contributed by atoms with Gasteiger partial charge in [-0.05, 0) is 24.4 Å². The SMILES string of the molecule is Cc1nccc(Oc2cccc3ccccc23)c1C(N)=O. The fourth-order valence-electron chi connectivity index (χ4n) is 2.33. The summed E-state index contributed by atoms with van der Waals surface area (Å²) >= 11 is 0. The van der Waals surface area contributed by atoms with E-state index in [0.717, 1.165) is 10.8 Å². The molecule has 0 aliphatic heterocycles. The van der Waals surface area contributed by atoms with Crippen LogP contribution in [0.15, 0.2) is 54.7 Å². The van der Waals surface area contributed by atoms with Gasteiger partial charge < -0.3 is 10.5 Å². The van der Waals surface area contributed by atoms with Crippen molar-refractivity contribution in [1.82, 2.24) is 4.98 Å². The molecule has 0 radical (unpaired) electrons. The van der Waals surface area contributed by atoms with E-state index in [2.05, 4.69) is 4.98 Å². The van der Waals surface area contributed by atoms with Gasteiger partial charge in [0.05, 0.1) is 5.69 Å². The maximum Gasteiger partial charge on any atom is 0.254 e. The van der Waals surface area contributed by atoms with E-state index in [1.807, 2.05) is 42.5 Å². The molecule has 3 rings (SSSR count). The van der Waals surface area contributed by atoms with Gasteiger partial charge >= 0.3 is 0 Å². The summed E-state index contributed by atoms with van der Waals surface area (Å²) in [4.78, 5) is 15.7. The van der Waals surface area contributed by atoms with Gasteiger partial charge in [0.2, 0.25) is 0 Å². The molecule has 0 aliphatic carbocycles. The van der Waals surface area contributed by atoms with Crippen molar-refractivity contribution in [1.29, 1.82) is 0 Å². The lowest BCUT2D eigenvalue weighted by atomic mass is 10.1. The minimum absolute atomic E-state index is 0.311. The highest BCUT2D eigenvalue weighted by Crippen LogP contribution is 2.31. The molecule has 1 amide bonds. The fourth-order valence-corrected chi connectivity index (χ4v) is 2.33. The number of aromatic nitrogens is 1. The van der Waals surface area contributed by atoms with Crippen molar-refractivity contribution < 1.29 is 9.53 Å². The second kappa shape index (κ2) is 5.25. The van der Waals surface area contributed by atoms with Crippen LogP contribution in [0.25, 0.3) is 10.8 Å². The first kappa shape index (κ1) is 13.1. The van der Waals surface area contributed by atoms with E-state index in [1.165, 1.54) is 0 Å². The van der Waals surface area contributed by atoms with Crippen LogP contribution in [0.2, 0.25) is 0 Å². The summed E-state index contributed by atoms with van der Waals surface area (Å²) < 4.78 is 5.92. The molecule has 0 fully saturated rings. The summed E-state index contributed by atoms with van der Waals surface area (Å²) in [7, 11) is 0. The zero-order valence-corrected chi connectivity index (χ0v) is 11.5. The standard InChI is InChI=1S/C17H14N2O2/c1-11-16(17(18)20)15(9-10-19-11)21-14-8-4-6-12-5-2-3-7-13(12)14/h2-10H,1H3,(H2,18,20). The summed E-state index contributed by atoms with van der Waals surface area (Å²) in [5.74, 6) is 0.559. The van der Waals surface area contributed by atoms with E-state index in [4.69, 9.17) is 10.5 Å². The lowest BCUT2D eigenvalue weighted by Crippen LogP contribution is -2.14. The number of hydrogen-bond acceptors (Lipinski definition) is 3. The minimum atomic E-state index is -0.546. The molecule has 104 valence electrons. The second-order valence-corrected chi connectivity index (χ2v) is 4.71. The zero-order chi connectivity index (χ0) is 14.8. The average molecular weight is 278 g/mol. The molecule has 2 aromatic carbocycles. The number of nitrogens with two attached hydrogens (primary N) is 1. The molecule has 1 aromatic heterocycles. The maximum atomic E-state index is 11.6. The van der Waals surface area contributed by atoms with Gasteiger partial charge in [-0.1, -0.05) is 36.4 Å². The van der Waals surface area contributed by atoms with E-state index in [1.54, 1.807) is 19.2 Å². The van der Waals surface area contributed by atoms with Gasteiger partial charge in [0.25, 0.3) is 5.91 Å². The van der Waals surface area contributed by atoms with Crippen molar-refractivity contribution in [2.24, 2.45) is 5.73 Å². The topological polar surface area (TPSA) is 65.2 Å². The molecular formula is C17H14N2O2. The number of carbonyl (C=O) groups excluding carboxylic acids is 1. The molecule has 3 aromatic rings. The number of rotatable bonds is 3. The molecule has 4 heteroatoms. The van der Waals surface area contributed by atoms with E-state index in [-0.39, 0.29) is 0 Å². The largest absolute Gasteiger partial charge is 0.456 e. The maximum absolute atomic E-state index is 11.6. The van der Waals surface area contributed by atoms with E-state index in [9.17, 15) is 4.79 Å². The third kappa shape index (κ3) is 2.43. The van der Waals surface area contributed by atoms with Gasteiger partial charge in [-0.25, -0.2) is 0 Å². The number of amides is 1. The van der Waals surface area contributed by atoms with Gasteiger partial charge in [0, 0.05) is 11.6 Å². The monoisotopic (exact) mass is 278 g/mol. The predicted molar refractivity (Wildman–Crippen MR) is 81.5 cm³/mol. The summed E-state index contributed by atoms with van der Waals surface area (Å²) in [5, 5.41) is 2.05. The number of hydrogen-bond donors (Lipinski definition) is 1. The van der Waals surface area contributed by atoms with Gasteiger partial charge in [0.1, 0.15) is 17.1 Å². The number of fused-ring (bicyclic) bond motifs is 1. The Morgan fingerprint density at radius 1 is 1.05 bits per heavy atom. The minimum Gasteiger partial charge on any atom is -0.456 e. The van der Waals surface area contributed by atoms with Crippen LogP contribution in [-0.2, 0) is 0 Å². The Morgan fingerprint density at radius 3 is 2.62 bits per heavy atom. The van der Waals surface area contributed by atoms with Crippen LogP contribution in [0.4, 0.5) is 0 Å². The van der Waals surface area contributed by atoms with Crippen LogP contribution < -0.4 is 10.5 Å². The molecule has 0 spiro atoms. The van der Waals surface area contributed by atoms with Crippen LogP contribution in [0, 0.1) is 6.92 Å². The highest BCUT2D eigenvalue weighted by Gasteiger charge is 2.15. The predicted octanol–water partition coefficient (Wildman–Crippen LogP) is 3.43. The molecule has 0 bridgehead atoms. The fraction of sp³-hybridized carbons (Fsp3) is 0.0588. The molecule has 0 atom stereocenters. The van der Waals surface area contributed by atoms with Gasteiger partial charge in [-0.3, -0.25) is 9.78 Å². The molecule has 0 saturated heterocycles. The van der Waals surface area contributed by atoms with Crippen molar-refractivity contribution in [2.45, 2.75) is 6.92 Å². The Bertz CT molecular complexity index is 823. The normalized spacial score (nSPS) is 10.5. The van der Waals surface area contributed by atoms with E-state index in [0.29, 0.717) is 22.8 Å². The Kier molecular flexibility index (Phi) is 3.28. The van der Waals surface area contributed by atoms with Gasteiger partial charge in [-0.2, -0.15) is 0 Å². The van der Waals surface area contributed by atoms with Crippen molar-refractivity contribution in [3.63, 3.8) is 0 Å². The van der Waals surface area contributed by atoms with Crippen LogP contribution in [0.1, 0.15) is 16.1 Å². The zero-order valence-electron chi connectivity index (χ0n) is 11.5. The Morgan fingerprint density at radius 2 is 1.81 bits per heavy atom. The average Bonchev–Trinajstić information content (AvgIpc) is 2.47. The third-order valence-electron chi connectivity index (χ3n) is 3.32. The number of primary amides is 1. The Labute approximate surface area is 122 Å². The first-order valence-corrected chi connectivity index (χ1v) is 6.58. The van der Waals surface area contributed by atoms with Crippen LogP contribution in [0.3, 0.4) is 0 Å². The number of ether oxygens (including phenoxy) is 1. The number of carbonyl (C=O) groups is 1. The summed E-state index contributed by atoms with van der Waals surface area (Å²) in [5.41, 5.74) is 6.29. The second-order valence-electron chi connectivity index (χ2n) is 4.71. The molecule has 0 saturated carbocycles. The van der Waals surface area contributed by atoms with Crippen molar-refractivity contribution in [3.8, 4) is 11.5 Å². The highest BCUT2D eigenvalue weighted by molar-refractivity contribution is 5.97. The molecule has 21 heavy (non-hydrogen) atoms. The van der Waals surface area contributed by atoms with Crippen LogP contribution in [-0.4, -0.2) is 10.9 Å². The third-order valence-corrected chi connectivity index (χ3v) is 3.32. The number of nitrogens with zero attached hydrogens (tertiary/aromatic N) is 1. The van der Waals surface area contributed by atoms with Crippen LogP contribution >= 0.6 is 0 Å². The molecule has 4 nitrogen and oxygen atoms in total. The lowest BCUT2D eigenvalue weighted by molar-refractivity contribution is 0.0997. The van der Waals surface area contributed by atoms with E-state index >= 15 is 0 Å². The lowest BCUT2D eigenvalue weighted by Gasteiger charge is -2.12. The molecule has 0 unspecified atom stereocenters. The molecular weight excluding hydrogens is 264 g/mol. The Balaban J connectivity index is 2.12. The van der Waals surface area contributed by atoms with Gasteiger partial charge in [-0.15, -0.1) is 0 Å². The Hall–Kier alpha value is -2.88. The van der Waals surface area contributed by atoms with Crippen molar-refractivity contribution in [3.05, 3.63) is 66.0 Å². The van der Waals surface area contributed by atoms with Crippen LogP contribution in [0.5, 0.6) is 11.5 Å². The molecule has 0 aliphatic rings. The summed E-state index contributed by atoms with van der Waals surface area (Å²) in [6, 6.07) is 15.3. The quantitative estimate of drug-likeness (QED) is 0.798. The number of pyridine rings is 1. The number of aryl methyl sites for hydroxylation is 1. The number of benzene rings is 2. The smallest absolute Gasteiger partial charge is 0.254 e. The summed E-state index contributed by atoms with van der Waals surface area (Å²) in [6.45, 7) is 1.73. The molecule has 2 N–H and O–H groups in total.